The summed E-state index contributed by atoms with van der Waals surface area (Å²) in [6.07, 6.45) is 6.21. The summed E-state index contributed by atoms with van der Waals surface area (Å²) in [5.74, 6) is 2.47. The summed E-state index contributed by atoms with van der Waals surface area (Å²) in [5.41, 5.74) is 6.97. The lowest BCUT2D eigenvalue weighted by Crippen LogP contribution is -1.96. The van der Waals surface area contributed by atoms with Crippen molar-refractivity contribution in [3.05, 3.63) is 33.9 Å². The quantitative estimate of drug-likeness (QED) is 0.341. The first-order valence-electron chi connectivity index (χ1n) is 4.11. The Morgan fingerprint density at radius 1 is 1.57 bits per heavy atom. The fourth-order valence-corrected chi connectivity index (χ4v) is 1.13. The number of rotatable bonds is 3. The summed E-state index contributed by atoms with van der Waals surface area (Å²) in [7, 11) is 0. The Hall–Kier alpha value is -2.02. The molecule has 0 spiro atoms. The van der Waals surface area contributed by atoms with Gasteiger partial charge in [-0.3, -0.25) is 10.1 Å². The Morgan fingerprint density at radius 3 is 2.86 bits per heavy atom. The van der Waals surface area contributed by atoms with Crippen LogP contribution >= 0.6 is 0 Å². The number of benzene rings is 1. The van der Waals surface area contributed by atoms with Gasteiger partial charge in [-0.1, -0.05) is 0 Å². The number of nitrogens with two attached hydrogens (primary N) is 1. The van der Waals surface area contributed by atoms with Crippen molar-refractivity contribution in [3.8, 4) is 12.3 Å². The smallest absolute Gasteiger partial charge is 0.269 e. The first-order chi connectivity index (χ1) is 6.65. The second-order valence-corrected chi connectivity index (χ2v) is 2.84. The molecule has 0 heterocycles. The van der Waals surface area contributed by atoms with Crippen LogP contribution in [0.4, 0.5) is 11.4 Å². The van der Waals surface area contributed by atoms with Crippen LogP contribution in [0.5, 0.6) is 0 Å². The molecule has 0 aliphatic heterocycles. The van der Waals surface area contributed by atoms with Crippen molar-refractivity contribution in [3.63, 3.8) is 0 Å². The fraction of sp³-hybridized carbons (Fsp3) is 0.200. The third kappa shape index (κ3) is 2.23. The number of nitrogens with zero attached hydrogens (tertiary/aromatic N) is 1. The molecule has 0 bridgehead atoms. The number of nitro groups is 1. The minimum absolute atomic E-state index is 0.0474. The third-order valence-corrected chi connectivity index (χ3v) is 1.88. The average molecular weight is 190 g/mol. The van der Waals surface area contributed by atoms with Crippen LogP contribution < -0.4 is 5.73 Å². The van der Waals surface area contributed by atoms with Crippen molar-refractivity contribution < 1.29 is 4.92 Å². The number of terminal acetylenes is 1. The number of hydrogen-bond donors (Lipinski definition) is 1. The van der Waals surface area contributed by atoms with Gasteiger partial charge in [0.1, 0.15) is 0 Å². The van der Waals surface area contributed by atoms with Crippen molar-refractivity contribution in [1.29, 1.82) is 0 Å². The molecule has 0 aliphatic carbocycles. The number of hydrogen-bond acceptors (Lipinski definition) is 3. The molecule has 14 heavy (non-hydrogen) atoms. The maximum Gasteiger partial charge on any atom is 0.269 e. The number of non-ortho nitro benzene ring substituents is 1. The minimum Gasteiger partial charge on any atom is -0.398 e. The first-order valence-corrected chi connectivity index (χ1v) is 4.11. The minimum atomic E-state index is -0.446. The lowest BCUT2D eigenvalue weighted by atomic mass is 10.1. The zero-order chi connectivity index (χ0) is 10.6. The van der Waals surface area contributed by atoms with Gasteiger partial charge in [0.15, 0.2) is 0 Å². The van der Waals surface area contributed by atoms with Gasteiger partial charge in [0.05, 0.1) is 4.92 Å². The SMILES string of the molecule is C#CCCc1cc([N+](=O)[O-])ccc1N. The van der Waals surface area contributed by atoms with Gasteiger partial charge in [-0.25, -0.2) is 0 Å². The number of aryl methyl sites for hydroxylation is 1. The molecule has 2 N–H and O–H groups in total. The topological polar surface area (TPSA) is 69.2 Å². The van der Waals surface area contributed by atoms with E-state index < -0.39 is 4.92 Å². The van der Waals surface area contributed by atoms with Crippen LogP contribution in [0.15, 0.2) is 18.2 Å². The molecule has 0 unspecified atom stereocenters. The Kier molecular flexibility index (Phi) is 3.08. The van der Waals surface area contributed by atoms with E-state index in [1.54, 1.807) is 0 Å². The molecule has 0 saturated carbocycles. The normalized spacial score (nSPS) is 9.36. The lowest BCUT2D eigenvalue weighted by Gasteiger charge is -2.02. The zero-order valence-corrected chi connectivity index (χ0v) is 7.56. The predicted molar refractivity (Wildman–Crippen MR) is 54.7 cm³/mol. The maximum atomic E-state index is 10.5. The summed E-state index contributed by atoms with van der Waals surface area (Å²) in [5, 5.41) is 10.5. The number of nitrogen functional groups attached to an aromatic ring is 1. The van der Waals surface area contributed by atoms with Crippen molar-refractivity contribution >= 4 is 11.4 Å². The summed E-state index contributed by atoms with van der Waals surface area (Å²) in [4.78, 5) is 10.0. The Bertz CT molecular complexity index is 394. The average Bonchev–Trinajstić information content (AvgIpc) is 2.16. The van der Waals surface area contributed by atoms with Crippen molar-refractivity contribution in [2.45, 2.75) is 12.8 Å². The molecule has 0 aromatic heterocycles. The summed E-state index contributed by atoms with van der Waals surface area (Å²) in [6, 6.07) is 4.38. The van der Waals surface area contributed by atoms with Crippen LogP contribution in [0.25, 0.3) is 0 Å². The largest absolute Gasteiger partial charge is 0.398 e. The molecule has 1 aromatic carbocycles. The van der Waals surface area contributed by atoms with Gasteiger partial charge in [-0.15, -0.1) is 12.3 Å². The third-order valence-electron chi connectivity index (χ3n) is 1.88. The van der Waals surface area contributed by atoms with Crippen molar-refractivity contribution in [1.82, 2.24) is 0 Å². The molecule has 1 aromatic rings. The summed E-state index contributed by atoms with van der Waals surface area (Å²) >= 11 is 0. The highest BCUT2D eigenvalue weighted by molar-refractivity contribution is 5.52. The van der Waals surface area contributed by atoms with Gasteiger partial charge >= 0.3 is 0 Å². The van der Waals surface area contributed by atoms with E-state index in [0.717, 1.165) is 5.56 Å². The van der Waals surface area contributed by atoms with Gasteiger partial charge < -0.3 is 5.73 Å². The van der Waals surface area contributed by atoms with Crippen LogP contribution in [0.3, 0.4) is 0 Å². The number of nitro benzene ring substituents is 1. The molecular weight excluding hydrogens is 180 g/mol. The number of anilines is 1. The highest BCUT2D eigenvalue weighted by Crippen LogP contribution is 2.20. The van der Waals surface area contributed by atoms with Gasteiger partial charge in [0.2, 0.25) is 0 Å². The van der Waals surface area contributed by atoms with Crippen LogP contribution in [0.2, 0.25) is 0 Å². The highest BCUT2D eigenvalue weighted by Gasteiger charge is 2.08. The monoisotopic (exact) mass is 190 g/mol. The molecule has 4 nitrogen and oxygen atoms in total. The summed E-state index contributed by atoms with van der Waals surface area (Å²) < 4.78 is 0. The Morgan fingerprint density at radius 2 is 2.29 bits per heavy atom. The second kappa shape index (κ2) is 4.28. The lowest BCUT2D eigenvalue weighted by molar-refractivity contribution is -0.384. The fourth-order valence-electron chi connectivity index (χ4n) is 1.13. The molecule has 72 valence electrons. The molecule has 0 atom stereocenters. The van der Waals surface area contributed by atoms with Gasteiger partial charge in [0.25, 0.3) is 5.69 Å². The van der Waals surface area contributed by atoms with Crippen LogP contribution in [-0.2, 0) is 6.42 Å². The Balaban J connectivity index is 2.97. The maximum absolute atomic E-state index is 10.5. The van der Waals surface area contributed by atoms with E-state index in [1.807, 2.05) is 0 Å². The molecule has 1 rings (SSSR count). The van der Waals surface area contributed by atoms with Crippen LogP contribution in [0.1, 0.15) is 12.0 Å². The highest BCUT2D eigenvalue weighted by atomic mass is 16.6. The van der Waals surface area contributed by atoms with E-state index in [2.05, 4.69) is 5.92 Å². The molecule has 0 aliphatic rings. The van der Waals surface area contributed by atoms with E-state index in [1.165, 1.54) is 18.2 Å². The predicted octanol–water partition coefficient (Wildman–Crippen LogP) is 1.74. The zero-order valence-electron chi connectivity index (χ0n) is 7.56. The molecule has 0 radical (unpaired) electrons. The molecule has 0 fully saturated rings. The summed E-state index contributed by atoms with van der Waals surface area (Å²) in [6.45, 7) is 0. The van der Waals surface area contributed by atoms with E-state index >= 15 is 0 Å². The molecule has 0 saturated heterocycles. The molecule has 0 amide bonds. The van der Waals surface area contributed by atoms with E-state index in [9.17, 15) is 10.1 Å². The van der Waals surface area contributed by atoms with E-state index in [4.69, 9.17) is 12.2 Å². The van der Waals surface area contributed by atoms with Crippen molar-refractivity contribution in [2.24, 2.45) is 0 Å². The van der Waals surface area contributed by atoms with Crippen molar-refractivity contribution in [2.75, 3.05) is 5.73 Å². The van der Waals surface area contributed by atoms with Gasteiger partial charge in [0, 0.05) is 24.2 Å². The molecule has 4 heteroatoms. The van der Waals surface area contributed by atoms with E-state index in [-0.39, 0.29) is 5.69 Å². The van der Waals surface area contributed by atoms with Crippen LogP contribution in [-0.4, -0.2) is 4.92 Å². The van der Waals surface area contributed by atoms with E-state index in [0.29, 0.717) is 18.5 Å². The Labute approximate surface area is 81.9 Å². The molecular formula is C10H10N2O2. The van der Waals surface area contributed by atoms with Crippen LogP contribution in [0, 0.1) is 22.5 Å². The first kappa shape index (κ1) is 10.1. The van der Waals surface area contributed by atoms with Gasteiger partial charge in [-0.05, 0) is 18.1 Å². The standard InChI is InChI=1S/C10H10N2O2/c1-2-3-4-8-7-9(12(13)14)5-6-10(8)11/h1,5-7H,3-4,11H2. The van der Waals surface area contributed by atoms with Gasteiger partial charge in [-0.2, -0.15) is 0 Å². The second-order valence-electron chi connectivity index (χ2n) is 2.84.